The molecule has 39 heavy (non-hydrogen) atoms. The molecule has 3 rings (SSSR count). The van der Waals surface area contributed by atoms with Crippen molar-refractivity contribution in [2.45, 2.75) is 63.6 Å². The van der Waals surface area contributed by atoms with Gasteiger partial charge in [-0.05, 0) is 43.9 Å². The molecule has 0 spiro atoms. The Bertz CT molecular complexity index is 1160. The topological polar surface area (TPSA) is 108 Å². The molecule has 210 valence electrons. The van der Waals surface area contributed by atoms with E-state index in [4.69, 9.17) is 4.74 Å². The molecule has 2 aromatic rings. The number of alkyl carbamates (subject to hydrolysis) is 1. The molecular weight excluding hydrogens is 514 g/mol. The van der Waals surface area contributed by atoms with E-state index in [1.165, 1.54) is 16.7 Å². The van der Waals surface area contributed by atoms with Crippen LogP contribution in [-0.2, 0) is 27.3 Å². The van der Waals surface area contributed by atoms with E-state index in [0.29, 0.717) is 6.54 Å². The molecule has 8 nitrogen and oxygen atoms in total. The average molecular weight is 554 g/mol. The number of nitrogens with one attached hydrogen (secondary N) is 2. The number of hydrogen-bond acceptors (Lipinski definition) is 6. The number of aliphatic hydroxyl groups excluding tert-OH is 1. The molecule has 0 saturated carbocycles. The number of ether oxygens (including phenoxy) is 1. The Kier molecular flexibility index (Phi) is 10.6. The first-order valence-corrected chi connectivity index (χ1v) is 14.1. The van der Waals surface area contributed by atoms with Gasteiger partial charge in [-0.15, -0.1) is 18.3 Å². The third-order valence-electron chi connectivity index (χ3n) is 6.91. The number of rotatable bonds is 11. The van der Waals surface area contributed by atoms with Crippen LogP contribution in [0.2, 0.25) is 0 Å². The van der Waals surface area contributed by atoms with E-state index in [-0.39, 0.29) is 30.7 Å². The van der Waals surface area contributed by atoms with Gasteiger partial charge in [-0.2, -0.15) is 0 Å². The fraction of sp³-hybridized carbons (Fsp3) is 0.433. The minimum absolute atomic E-state index is 0.0438. The summed E-state index contributed by atoms with van der Waals surface area (Å²) in [6, 6.07) is 15.3. The summed E-state index contributed by atoms with van der Waals surface area (Å²) in [5, 5.41) is 16.9. The molecule has 0 aromatic heterocycles. The van der Waals surface area contributed by atoms with Gasteiger partial charge in [-0.25, -0.2) is 4.79 Å². The van der Waals surface area contributed by atoms with Gasteiger partial charge in [0.15, 0.2) is 6.10 Å². The molecule has 9 heteroatoms. The number of amides is 3. The Morgan fingerprint density at radius 1 is 1.18 bits per heavy atom. The number of carbonyl (C=O) groups is 3. The van der Waals surface area contributed by atoms with E-state index in [2.05, 4.69) is 17.2 Å². The highest BCUT2D eigenvalue weighted by molar-refractivity contribution is 8.00. The molecule has 1 aliphatic rings. The van der Waals surface area contributed by atoms with Gasteiger partial charge in [0.05, 0.1) is 18.5 Å². The molecule has 3 unspecified atom stereocenters. The molecule has 4 atom stereocenters. The van der Waals surface area contributed by atoms with Crippen LogP contribution in [0.1, 0.15) is 37.5 Å². The lowest BCUT2D eigenvalue weighted by molar-refractivity contribution is -0.147. The predicted octanol–water partition coefficient (Wildman–Crippen LogP) is 3.81. The van der Waals surface area contributed by atoms with Crippen molar-refractivity contribution in [3.63, 3.8) is 0 Å². The molecule has 0 aliphatic carbocycles. The van der Waals surface area contributed by atoms with Gasteiger partial charge in [0, 0.05) is 17.2 Å². The summed E-state index contributed by atoms with van der Waals surface area (Å²) in [5.74, 6) is -0.716. The van der Waals surface area contributed by atoms with Crippen LogP contribution in [-0.4, -0.2) is 63.3 Å². The summed E-state index contributed by atoms with van der Waals surface area (Å²) in [6.45, 7) is 11.8. The Balaban J connectivity index is 1.76. The molecule has 3 N–H and O–H groups in total. The lowest BCUT2D eigenvalue weighted by Crippen LogP contribution is -2.58. The minimum Gasteiger partial charge on any atom is -0.449 e. The van der Waals surface area contributed by atoms with Crippen LogP contribution in [0.4, 0.5) is 4.79 Å². The molecule has 1 heterocycles. The lowest BCUT2D eigenvalue weighted by atomic mass is 9.97. The highest BCUT2D eigenvalue weighted by Gasteiger charge is 2.49. The van der Waals surface area contributed by atoms with E-state index in [1.807, 2.05) is 82.3 Å². The van der Waals surface area contributed by atoms with Crippen LogP contribution in [0.5, 0.6) is 0 Å². The molecular formula is C30H39N3O5S. The van der Waals surface area contributed by atoms with Crippen LogP contribution < -0.4 is 10.6 Å². The Morgan fingerprint density at radius 2 is 1.85 bits per heavy atom. The van der Waals surface area contributed by atoms with Gasteiger partial charge in [0.1, 0.15) is 6.04 Å². The average Bonchev–Trinajstić information content (AvgIpc) is 3.25. The van der Waals surface area contributed by atoms with Crippen molar-refractivity contribution in [1.82, 2.24) is 15.5 Å². The van der Waals surface area contributed by atoms with Crippen molar-refractivity contribution in [3.05, 3.63) is 83.9 Å². The molecule has 3 amide bonds. The van der Waals surface area contributed by atoms with Crippen molar-refractivity contribution >= 4 is 29.7 Å². The first-order valence-electron chi connectivity index (χ1n) is 13.1. The fourth-order valence-corrected chi connectivity index (χ4v) is 5.56. The van der Waals surface area contributed by atoms with Crippen LogP contribution >= 0.6 is 11.8 Å². The van der Waals surface area contributed by atoms with Gasteiger partial charge < -0.3 is 25.4 Å². The van der Waals surface area contributed by atoms with Crippen LogP contribution in [0, 0.1) is 12.8 Å². The van der Waals surface area contributed by atoms with Gasteiger partial charge in [-0.3, -0.25) is 9.59 Å². The van der Waals surface area contributed by atoms with Crippen molar-refractivity contribution in [2.24, 2.45) is 5.92 Å². The van der Waals surface area contributed by atoms with Crippen molar-refractivity contribution in [1.29, 1.82) is 0 Å². The maximum atomic E-state index is 13.7. The normalized spacial score (nSPS) is 18.5. The highest BCUT2D eigenvalue weighted by atomic mass is 32.2. The number of aryl methyl sites for hydroxylation is 1. The summed E-state index contributed by atoms with van der Waals surface area (Å²) in [5.41, 5.74) is 2.88. The number of carbonyl (C=O) groups excluding carboxylic acids is 3. The third kappa shape index (κ3) is 8.10. The Hall–Kier alpha value is -3.30. The standard InChI is InChI=1S/C30H39N3O5S/c1-6-20(2)18-38-29(37)32-24(16-22-13-8-7-9-14-22)25(34)28(36)33-19-39-30(4,5)26(33)27(35)31-17-23-15-11-10-12-21(23)3/h6-15,20,24-26,34H,1,16-19H2,2-5H3,(H,31,35)(H,32,37)/t20?,24?,25-,26?/m0/s1. The predicted molar refractivity (Wildman–Crippen MR) is 154 cm³/mol. The number of nitrogens with zero attached hydrogens (tertiary/aromatic N) is 1. The molecule has 1 saturated heterocycles. The van der Waals surface area contributed by atoms with Crippen LogP contribution in [0.25, 0.3) is 0 Å². The Labute approximate surface area is 235 Å². The second kappa shape index (κ2) is 13.7. The van der Waals surface area contributed by atoms with E-state index < -0.39 is 34.9 Å². The van der Waals surface area contributed by atoms with Crippen LogP contribution in [0.15, 0.2) is 67.3 Å². The van der Waals surface area contributed by atoms with Gasteiger partial charge >= 0.3 is 6.09 Å². The SMILES string of the molecule is C=CC(C)COC(=O)NC(Cc1ccccc1)[C@H](O)C(=O)N1CSC(C)(C)C1C(=O)NCc1ccccc1C. The maximum Gasteiger partial charge on any atom is 0.407 e. The quantitative estimate of drug-likeness (QED) is 0.365. The van der Waals surface area contributed by atoms with Gasteiger partial charge in [-0.1, -0.05) is 67.6 Å². The van der Waals surface area contributed by atoms with Crippen molar-refractivity contribution < 1.29 is 24.2 Å². The smallest absolute Gasteiger partial charge is 0.407 e. The third-order valence-corrected chi connectivity index (χ3v) is 8.28. The maximum absolute atomic E-state index is 13.7. The van der Waals surface area contributed by atoms with Gasteiger partial charge in [0.25, 0.3) is 5.91 Å². The van der Waals surface area contributed by atoms with Crippen LogP contribution in [0.3, 0.4) is 0 Å². The first-order chi connectivity index (χ1) is 18.5. The largest absolute Gasteiger partial charge is 0.449 e. The summed E-state index contributed by atoms with van der Waals surface area (Å²) in [4.78, 5) is 41.1. The second-order valence-corrected chi connectivity index (χ2v) is 12.0. The zero-order valence-corrected chi connectivity index (χ0v) is 23.9. The molecule has 1 aliphatic heterocycles. The Morgan fingerprint density at radius 3 is 2.51 bits per heavy atom. The molecule has 0 radical (unpaired) electrons. The number of hydrogen-bond donors (Lipinski definition) is 3. The number of aliphatic hydroxyl groups is 1. The molecule has 2 aromatic carbocycles. The summed E-state index contributed by atoms with van der Waals surface area (Å²) >= 11 is 1.47. The van der Waals surface area contributed by atoms with E-state index in [1.54, 1.807) is 6.08 Å². The zero-order valence-electron chi connectivity index (χ0n) is 23.1. The minimum atomic E-state index is -1.59. The second-order valence-electron chi connectivity index (χ2n) is 10.4. The van der Waals surface area contributed by atoms with Crippen molar-refractivity contribution in [3.8, 4) is 0 Å². The lowest BCUT2D eigenvalue weighted by Gasteiger charge is -2.33. The molecule has 1 fully saturated rings. The first kappa shape index (κ1) is 30.2. The number of thioether (sulfide) groups is 1. The van der Waals surface area contributed by atoms with E-state index in [9.17, 15) is 19.5 Å². The van der Waals surface area contributed by atoms with Gasteiger partial charge in [0.2, 0.25) is 5.91 Å². The fourth-order valence-electron chi connectivity index (χ4n) is 4.42. The monoisotopic (exact) mass is 553 g/mol. The summed E-state index contributed by atoms with van der Waals surface area (Å²) in [7, 11) is 0. The zero-order chi connectivity index (χ0) is 28.6. The van der Waals surface area contributed by atoms with E-state index in [0.717, 1.165) is 16.7 Å². The summed E-state index contributed by atoms with van der Waals surface area (Å²) in [6.07, 6.45) is -0.450. The number of benzene rings is 2. The van der Waals surface area contributed by atoms with E-state index >= 15 is 0 Å². The molecule has 0 bridgehead atoms. The highest BCUT2D eigenvalue weighted by Crippen LogP contribution is 2.40. The van der Waals surface area contributed by atoms with Crippen molar-refractivity contribution in [2.75, 3.05) is 12.5 Å². The summed E-state index contributed by atoms with van der Waals surface area (Å²) < 4.78 is 4.69.